The highest BCUT2D eigenvalue weighted by molar-refractivity contribution is 7.11. The Labute approximate surface area is 224 Å². The molecule has 0 spiro atoms. The van der Waals surface area contributed by atoms with Gasteiger partial charge in [0.2, 0.25) is 0 Å². The number of methoxy groups -OCH3 is 1. The van der Waals surface area contributed by atoms with Gasteiger partial charge in [-0.3, -0.25) is 14.5 Å². The van der Waals surface area contributed by atoms with E-state index in [0.717, 1.165) is 38.3 Å². The second-order valence-electron chi connectivity index (χ2n) is 8.71. The van der Waals surface area contributed by atoms with Gasteiger partial charge in [-0.15, -0.1) is 11.3 Å². The Balaban J connectivity index is 0.000000332. The molecule has 0 aliphatic carbocycles. The summed E-state index contributed by atoms with van der Waals surface area (Å²) in [5, 5.41) is 33.8. The highest BCUT2D eigenvalue weighted by Crippen LogP contribution is 2.20. The molecule has 4 N–H and O–H groups in total. The Morgan fingerprint density at radius 1 is 1.08 bits per heavy atom. The number of nitrogens with zero attached hydrogens (tertiary/aromatic N) is 3. The average molecular weight is 548 g/mol. The molecular formula is C26H33N3O8S. The molecule has 2 heterocycles. The molecule has 0 aliphatic heterocycles. The van der Waals surface area contributed by atoms with Crippen molar-refractivity contribution in [2.24, 2.45) is 0 Å². The molecule has 2 aromatic heterocycles. The van der Waals surface area contributed by atoms with Crippen LogP contribution in [-0.2, 0) is 34.0 Å². The summed E-state index contributed by atoms with van der Waals surface area (Å²) in [7, 11) is 1.72. The van der Waals surface area contributed by atoms with Gasteiger partial charge in [0.05, 0.1) is 26.3 Å². The molecule has 206 valence electrons. The molecule has 0 saturated carbocycles. The molecule has 1 aromatic carbocycles. The lowest BCUT2D eigenvalue weighted by Crippen LogP contribution is -2.42. The third-order valence-electron chi connectivity index (χ3n) is 5.45. The van der Waals surface area contributed by atoms with Crippen LogP contribution in [0.15, 0.2) is 55.1 Å². The molecule has 38 heavy (non-hydrogen) atoms. The van der Waals surface area contributed by atoms with Crippen LogP contribution in [0.2, 0.25) is 0 Å². The molecule has 12 heteroatoms. The normalized spacial score (nSPS) is 11.1. The smallest absolute Gasteiger partial charge is 0.336 e. The van der Waals surface area contributed by atoms with Crippen molar-refractivity contribution >= 4 is 29.2 Å². The van der Waals surface area contributed by atoms with Gasteiger partial charge in [0.1, 0.15) is 5.75 Å². The summed E-state index contributed by atoms with van der Waals surface area (Å²) in [5.74, 6) is -4.10. The minimum Gasteiger partial charge on any atom is -0.497 e. The van der Waals surface area contributed by atoms with Crippen LogP contribution in [0.3, 0.4) is 0 Å². The number of aliphatic carboxylic acids is 3. The topological polar surface area (TPSA) is 162 Å². The number of hydrogen-bond donors (Lipinski definition) is 4. The molecule has 0 saturated heterocycles. The van der Waals surface area contributed by atoms with E-state index in [-0.39, 0.29) is 0 Å². The van der Waals surface area contributed by atoms with E-state index in [1.54, 1.807) is 7.11 Å². The van der Waals surface area contributed by atoms with E-state index in [0.29, 0.717) is 0 Å². The SMILES string of the molecule is COc1cccc(CN(CCCn2ccnc2)Cc2ccc(C)s2)c1.O=C(O)CC(O)(CC(=O)O)C(=O)O. The van der Waals surface area contributed by atoms with Crippen molar-refractivity contribution in [1.29, 1.82) is 0 Å². The lowest BCUT2D eigenvalue weighted by atomic mass is 9.96. The van der Waals surface area contributed by atoms with Gasteiger partial charge in [-0.25, -0.2) is 9.78 Å². The largest absolute Gasteiger partial charge is 0.497 e. The number of carboxylic acids is 3. The standard InChI is InChI=1S/C20H25N3OS.C6H8O7/c1-17-7-8-20(25-17)15-23(11-4-10-22-12-9-21-16-22)14-18-5-3-6-19(13-18)24-2;7-3(8)1-6(13,5(11)12)2-4(9)10/h3,5-9,12-13,16H,4,10-11,14-15H2,1-2H3;13H,1-2H2,(H,7,8)(H,9,10)(H,11,12). The van der Waals surface area contributed by atoms with Gasteiger partial charge in [-0.2, -0.15) is 0 Å². The zero-order valence-electron chi connectivity index (χ0n) is 21.3. The molecule has 0 atom stereocenters. The molecule has 3 rings (SSSR count). The first-order chi connectivity index (χ1) is 18.0. The van der Waals surface area contributed by atoms with E-state index in [1.807, 2.05) is 36.1 Å². The monoisotopic (exact) mass is 547 g/mol. The highest BCUT2D eigenvalue weighted by atomic mass is 32.1. The lowest BCUT2D eigenvalue weighted by Gasteiger charge is -2.22. The van der Waals surface area contributed by atoms with Gasteiger partial charge in [0.25, 0.3) is 0 Å². The average Bonchev–Trinajstić information content (AvgIpc) is 3.50. The summed E-state index contributed by atoms with van der Waals surface area (Å²) in [5.41, 5.74) is -1.45. The van der Waals surface area contributed by atoms with Gasteiger partial charge >= 0.3 is 17.9 Å². The van der Waals surface area contributed by atoms with E-state index in [4.69, 9.17) is 25.2 Å². The summed E-state index contributed by atoms with van der Waals surface area (Å²) in [6, 6.07) is 12.8. The Morgan fingerprint density at radius 3 is 2.32 bits per heavy atom. The predicted octanol–water partition coefficient (Wildman–Crippen LogP) is 3.11. The Hall–Kier alpha value is -3.74. The third kappa shape index (κ3) is 10.7. The summed E-state index contributed by atoms with van der Waals surface area (Å²) < 4.78 is 7.50. The first-order valence-corrected chi connectivity index (χ1v) is 12.6. The number of ether oxygens (including phenoxy) is 1. The van der Waals surface area contributed by atoms with Crippen LogP contribution in [-0.4, -0.2) is 72.0 Å². The van der Waals surface area contributed by atoms with Crippen LogP contribution in [0.4, 0.5) is 0 Å². The van der Waals surface area contributed by atoms with Crippen LogP contribution in [0.5, 0.6) is 5.75 Å². The van der Waals surface area contributed by atoms with Gasteiger partial charge in [-0.1, -0.05) is 12.1 Å². The minimum absolute atomic E-state index is 0.919. The van der Waals surface area contributed by atoms with Gasteiger partial charge in [0, 0.05) is 48.3 Å². The van der Waals surface area contributed by atoms with Crippen molar-refractivity contribution in [2.45, 2.75) is 51.4 Å². The van der Waals surface area contributed by atoms with E-state index in [9.17, 15) is 14.4 Å². The maximum atomic E-state index is 10.3. The number of rotatable bonds is 14. The number of aromatic nitrogens is 2. The number of carbonyl (C=O) groups is 3. The van der Waals surface area contributed by atoms with Crippen LogP contribution < -0.4 is 4.74 Å². The van der Waals surface area contributed by atoms with Crippen LogP contribution in [0, 0.1) is 6.92 Å². The molecule has 11 nitrogen and oxygen atoms in total. The number of carboxylic acid groups (broad SMARTS) is 3. The first kappa shape index (κ1) is 30.5. The Kier molecular flexibility index (Phi) is 11.9. The summed E-state index contributed by atoms with van der Waals surface area (Å²) >= 11 is 1.88. The van der Waals surface area contributed by atoms with Crippen molar-refractivity contribution < 1.29 is 39.5 Å². The van der Waals surface area contributed by atoms with Gasteiger partial charge in [0.15, 0.2) is 5.60 Å². The molecule has 0 radical (unpaired) electrons. The molecule has 0 unspecified atom stereocenters. The van der Waals surface area contributed by atoms with Crippen molar-refractivity contribution in [2.75, 3.05) is 13.7 Å². The van der Waals surface area contributed by atoms with Crippen molar-refractivity contribution in [3.63, 3.8) is 0 Å². The number of aliphatic hydroxyl groups is 1. The van der Waals surface area contributed by atoms with Crippen molar-refractivity contribution in [3.8, 4) is 5.75 Å². The predicted molar refractivity (Wildman–Crippen MR) is 140 cm³/mol. The maximum Gasteiger partial charge on any atom is 0.336 e. The highest BCUT2D eigenvalue weighted by Gasteiger charge is 2.40. The minimum atomic E-state index is -2.74. The molecule has 0 amide bonds. The number of hydrogen-bond acceptors (Lipinski definition) is 8. The summed E-state index contributed by atoms with van der Waals surface area (Å²) in [4.78, 5) is 39.9. The maximum absolute atomic E-state index is 10.3. The first-order valence-electron chi connectivity index (χ1n) is 11.8. The fourth-order valence-corrected chi connectivity index (χ4v) is 4.58. The van der Waals surface area contributed by atoms with Crippen molar-refractivity contribution in [3.05, 3.63) is 70.4 Å². The fraction of sp³-hybridized carbons (Fsp3) is 0.385. The van der Waals surface area contributed by atoms with Crippen LogP contribution in [0.1, 0.15) is 34.6 Å². The number of imidazole rings is 1. The zero-order chi connectivity index (χ0) is 28.1. The number of thiophene rings is 1. The second kappa shape index (κ2) is 14.9. The zero-order valence-corrected chi connectivity index (χ0v) is 22.1. The fourth-order valence-electron chi connectivity index (χ4n) is 3.64. The van der Waals surface area contributed by atoms with Gasteiger partial charge in [-0.05, 0) is 43.2 Å². The van der Waals surface area contributed by atoms with Crippen LogP contribution in [0.25, 0.3) is 0 Å². The number of benzene rings is 1. The van der Waals surface area contributed by atoms with E-state index >= 15 is 0 Å². The van der Waals surface area contributed by atoms with E-state index in [2.05, 4.69) is 51.7 Å². The summed E-state index contributed by atoms with van der Waals surface area (Å²) in [6.07, 6.45) is 4.56. The van der Waals surface area contributed by atoms with Crippen molar-refractivity contribution in [1.82, 2.24) is 14.5 Å². The molecule has 0 fully saturated rings. The van der Waals surface area contributed by atoms with E-state index in [1.165, 1.54) is 15.3 Å². The molecule has 3 aromatic rings. The third-order valence-corrected chi connectivity index (χ3v) is 6.44. The Morgan fingerprint density at radius 2 is 1.79 bits per heavy atom. The lowest BCUT2D eigenvalue weighted by molar-refractivity contribution is -0.170. The van der Waals surface area contributed by atoms with Gasteiger partial charge < -0.3 is 29.7 Å². The van der Waals surface area contributed by atoms with Crippen LogP contribution >= 0.6 is 11.3 Å². The second-order valence-corrected chi connectivity index (χ2v) is 10.1. The molecule has 0 bridgehead atoms. The van der Waals surface area contributed by atoms with E-state index < -0.39 is 36.4 Å². The summed E-state index contributed by atoms with van der Waals surface area (Å²) in [6.45, 7) is 6.13. The molecular weight excluding hydrogens is 514 g/mol. The quantitative estimate of drug-likeness (QED) is 0.236. The Bertz CT molecular complexity index is 1160. The molecule has 0 aliphatic rings. The number of aryl methyl sites for hydroxylation is 2.